The number of nitrogens with zero attached hydrogens (tertiary/aromatic N) is 1. The number of amides is 3. The third-order valence-electron chi connectivity index (χ3n) is 3.56. The van der Waals surface area contributed by atoms with Gasteiger partial charge in [0.1, 0.15) is 4.90 Å². The van der Waals surface area contributed by atoms with E-state index in [0.29, 0.717) is 25.4 Å². The standard InChI is InChI=1S/C15H21ClN4O5S/c1-2-17-15(22)19-14(21)10-18-11-3-4-12(16)13(9-11)26(23,24)20-5-7-25-8-6-20/h3-4,9,18H,2,5-8,10H2,1H3,(H2,17,19,21,22). The molecule has 0 saturated carbocycles. The summed E-state index contributed by atoms with van der Waals surface area (Å²) >= 11 is 6.07. The molecule has 1 saturated heterocycles. The van der Waals surface area contributed by atoms with Crippen molar-refractivity contribution in [1.82, 2.24) is 14.9 Å². The normalized spacial score (nSPS) is 15.3. The molecule has 0 atom stereocenters. The summed E-state index contributed by atoms with van der Waals surface area (Å²) in [4.78, 5) is 22.9. The quantitative estimate of drug-likeness (QED) is 0.639. The number of morpholine rings is 1. The van der Waals surface area contributed by atoms with Crippen molar-refractivity contribution in [3.8, 4) is 0 Å². The lowest BCUT2D eigenvalue weighted by atomic mass is 10.3. The molecule has 1 aromatic carbocycles. The maximum Gasteiger partial charge on any atom is 0.321 e. The van der Waals surface area contributed by atoms with Gasteiger partial charge in [0.05, 0.1) is 24.8 Å². The van der Waals surface area contributed by atoms with Crippen molar-refractivity contribution in [2.75, 3.05) is 44.7 Å². The second-order valence-corrected chi connectivity index (χ2v) is 7.74. The molecule has 1 heterocycles. The van der Waals surface area contributed by atoms with Gasteiger partial charge in [-0.15, -0.1) is 0 Å². The van der Waals surface area contributed by atoms with Crippen LogP contribution in [0.1, 0.15) is 6.92 Å². The van der Waals surface area contributed by atoms with Gasteiger partial charge >= 0.3 is 6.03 Å². The van der Waals surface area contributed by atoms with Gasteiger partial charge in [-0.1, -0.05) is 11.6 Å². The van der Waals surface area contributed by atoms with Crippen molar-refractivity contribution in [3.05, 3.63) is 23.2 Å². The lowest BCUT2D eigenvalue weighted by Crippen LogP contribution is -2.41. The lowest BCUT2D eigenvalue weighted by Gasteiger charge is -2.26. The predicted octanol–water partition coefficient (Wildman–Crippen LogP) is 0.618. The van der Waals surface area contributed by atoms with Crippen LogP contribution in [-0.2, 0) is 19.6 Å². The number of halogens is 1. The van der Waals surface area contributed by atoms with Crippen molar-refractivity contribution in [3.63, 3.8) is 0 Å². The van der Waals surface area contributed by atoms with E-state index in [2.05, 4.69) is 16.0 Å². The summed E-state index contributed by atoms with van der Waals surface area (Å²) in [5.41, 5.74) is 0.396. The van der Waals surface area contributed by atoms with Crippen LogP contribution in [0.15, 0.2) is 23.1 Å². The zero-order chi connectivity index (χ0) is 19.2. The van der Waals surface area contributed by atoms with Crippen LogP contribution in [0, 0.1) is 0 Å². The van der Waals surface area contributed by atoms with Gasteiger partial charge in [-0.05, 0) is 25.1 Å². The van der Waals surface area contributed by atoms with Gasteiger partial charge in [0.2, 0.25) is 15.9 Å². The van der Waals surface area contributed by atoms with Crippen LogP contribution in [0.3, 0.4) is 0 Å². The average molecular weight is 405 g/mol. The molecule has 26 heavy (non-hydrogen) atoms. The molecule has 0 unspecified atom stereocenters. The third-order valence-corrected chi connectivity index (χ3v) is 5.94. The monoisotopic (exact) mass is 404 g/mol. The number of imide groups is 1. The number of nitrogens with one attached hydrogen (secondary N) is 3. The van der Waals surface area contributed by atoms with Gasteiger partial charge in [-0.25, -0.2) is 13.2 Å². The molecule has 0 radical (unpaired) electrons. The largest absolute Gasteiger partial charge is 0.379 e. The summed E-state index contributed by atoms with van der Waals surface area (Å²) < 4.78 is 32.0. The van der Waals surface area contributed by atoms with E-state index in [9.17, 15) is 18.0 Å². The molecule has 1 aliphatic heterocycles. The minimum Gasteiger partial charge on any atom is -0.379 e. The highest BCUT2D eigenvalue weighted by molar-refractivity contribution is 7.89. The summed E-state index contributed by atoms with van der Waals surface area (Å²) in [6.45, 7) is 3.09. The van der Waals surface area contributed by atoms with Gasteiger partial charge in [0.25, 0.3) is 0 Å². The van der Waals surface area contributed by atoms with E-state index < -0.39 is 22.0 Å². The minimum absolute atomic E-state index is 0.0461. The molecular formula is C15H21ClN4O5S. The van der Waals surface area contributed by atoms with Crippen LogP contribution in [0.5, 0.6) is 0 Å². The summed E-state index contributed by atoms with van der Waals surface area (Å²) in [5.74, 6) is -0.552. The summed E-state index contributed by atoms with van der Waals surface area (Å²) in [6, 6.07) is 3.77. The van der Waals surface area contributed by atoms with Gasteiger partial charge in [-0.3, -0.25) is 10.1 Å². The fourth-order valence-corrected chi connectivity index (χ4v) is 4.20. The Hall–Kier alpha value is -1.88. The fraction of sp³-hybridized carbons (Fsp3) is 0.467. The Morgan fingerprint density at radius 2 is 1.96 bits per heavy atom. The highest BCUT2D eigenvalue weighted by Crippen LogP contribution is 2.28. The van der Waals surface area contributed by atoms with Crippen LogP contribution >= 0.6 is 11.6 Å². The Labute approximate surface area is 157 Å². The highest BCUT2D eigenvalue weighted by atomic mass is 35.5. The number of benzene rings is 1. The molecule has 0 aliphatic carbocycles. The van der Waals surface area contributed by atoms with Crippen LogP contribution in [0.25, 0.3) is 0 Å². The molecule has 9 nitrogen and oxygen atoms in total. The van der Waals surface area contributed by atoms with Crippen LogP contribution < -0.4 is 16.0 Å². The van der Waals surface area contributed by atoms with E-state index in [-0.39, 0.29) is 29.6 Å². The van der Waals surface area contributed by atoms with E-state index in [4.69, 9.17) is 16.3 Å². The molecule has 11 heteroatoms. The number of hydrogen-bond acceptors (Lipinski definition) is 6. The molecule has 1 fully saturated rings. The summed E-state index contributed by atoms with van der Waals surface area (Å²) in [5, 5.41) is 7.45. The van der Waals surface area contributed by atoms with Crippen molar-refractivity contribution in [2.24, 2.45) is 0 Å². The number of carbonyl (C=O) groups excluding carboxylic acids is 2. The van der Waals surface area contributed by atoms with E-state index in [1.54, 1.807) is 13.0 Å². The number of ether oxygens (including phenoxy) is 1. The first kappa shape index (κ1) is 20.4. The molecular weight excluding hydrogens is 384 g/mol. The Kier molecular flexibility index (Phi) is 7.21. The molecule has 1 aromatic rings. The smallest absolute Gasteiger partial charge is 0.321 e. The first-order chi connectivity index (χ1) is 12.3. The van der Waals surface area contributed by atoms with Crippen molar-refractivity contribution < 1.29 is 22.7 Å². The van der Waals surface area contributed by atoms with Crippen molar-refractivity contribution in [1.29, 1.82) is 0 Å². The molecule has 1 aliphatic rings. The van der Waals surface area contributed by atoms with Crippen LogP contribution in [0.4, 0.5) is 10.5 Å². The maximum atomic E-state index is 12.7. The second-order valence-electron chi connectivity index (χ2n) is 5.42. The topological polar surface area (TPSA) is 117 Å². The first-order valence-corrected chi connectivity index (χ1v) is 9.85. The number of sulfonamides is 1. The number of rotatable bonds is 6. The van der Waals surface area contributed by atoms with Crippen molar-refractivity contribution >= 4 is 39.2 Å². The number of hydrogen-bond donors (Lipinski definition) is 3. The molecule has 0 bridgehead atoms. The van der Waals surface area contributed by atoms with Crippen LogP contribution in [0.2, 0.25) is 5.02 Å². The SMILES string of the molecule is CCNC(=O)NC(=O)CNc1ccc(Cl)c(S(=O)(=O)N2CCOCC2)c1. The fourth-order valence-electron chi connectivity index (χ4n) is 2.29. The van der Waals surface area contributed by atoms with Gasteiger partial charge < -0.3 is 15.4 Å². The maximum absolute atomic E-state index is 12.7. The highest BCUT2D eigenvalue weighted by Gasteiger charge is 2.28. The first-order valence-electron chi connectivity index (χ1n) is 8.03. The Morgan fingerprint density at radius 1 is 1.27 bits per heavy atom. The van der Waals surface area contributed by atoms with Crippen molar-refractivity contribution in [2.45, 2.75) is 11.8 Å². The van der Waals surface area contributed by atoms with E-state index >= 15 is 0 Å². The second kappa shape index (κ2) is 9.17. The Morgan fingerprint density at radius 3 is 2.62 bits per heavy atom. The van der Waals surface area contributed by atoms with E-state index in [1.165, 1.54) is 16.4 Å². The van der Waals surface area contributed by atoms with Gasteiger partial charge in [0.15, 0.2) is 0 Å². The Balaban J connectivity index is 2.07. The zero-order valence-electron chi connectivity index (χ0n) is 14.2. The van der Waals surface area contributed by atoms with Gasteiger partial charge in [-0.2, -0.15) is 4.31 Å². The zero-order valence-corrected chi connectivity index (χ0v) is 15.8. The number of carbonyl (C=O) groups is 2. The molecule has 144 valence electrons. The molecule has 0 spiro atoms. The molecule has 2 rings (SSSR count). The predicted molar refractivity (Wildman–Crippen MR) is 96.7 cm³/mol. The minimum atomic E-state index is -3.76. The lowest BCUT2D eigenvalue weighted by molar-refractivity contribution is -0.118. The summed E-state index contributed by atoms with van der Waals surface area (Å²) in [7, 11) is -3.76. The molecule has 3 amide bonds. The molecule has 3 N–H and O–H groups in total. The number of anilines is 1. The van der Waals surface area contributed by atoms with E-state index in [0.717, 1.165) is 0 Å². The molecule has 0 aromatic heterocycles. The van der Waals surface area contributed by atoms with Gasteiger partial charge in [0, 0.05) is 25.3 Å². The Bertz CT molecular complexity index is 765. The van der Waals surface area contributed by atoms with Crippen LogP contribution in [-0.4, -0.2) is 64.1 Å². The third kappa shape index (κ3) is 5.31. The summed E-state index contributed by atoms with van der Waals surface area (Å²) in [6.07, 6.45) is 0. The van der Waals surface area contributed by atoms with E-state index in [1.807, 2.05) is 0 Å². The number of urea groups is 1. The average Bonchev–Trinajstić information content (AvgIpc) is 2.61.